The lowest BCUT2D eigenvalue weighted by atomic mass is 10.00. The number of Topliss-reactive ketones (excluding diaryl/α,β-unsaturated/α-hetero) is 1. The van der Waals surface area contributed by atoms with Crippen LogP contribution >= 0.6 is 0 Å². The molecule has 1 aliphatic rings. The van der Waals surface area contributed by atoms with Crippen LogP contribution in [0.25, 0.3) is 0 Å². The van der Waals surface area contributed by atoms with Gasteiger partial charge in [0.15, 0.2) is 17.7 Å². The second kappa shape index (κ2) is 4.68. The highest BCUT2D eigenvalue weighted by Gasteiger charge is 2.39. The Morgan fingerprint density at radius 3 is 2.61 bits per heavy atom. The number of anilines is 1. The normalized spacial score (nSPS) is 24.8. The van der Waals surface area contributed by atoms with Crippen molar-refractivity contribution < 1.29 is 19.4 Å². The van der Waals surface area contributed by atoms with Gasteiger partial charge in [-0.3, -0.25) is 4.79 Å². The summed E-state index contributed by atoms with van der Waals surface area (Å²) >= 11 is 0. The summed E-state index contributed by atoms with van der Waals surface area (Å²) in [5.74, 6) is -1.13. The minimum atomic E-state index is -1.01. The highest BCUT2D eigenvalue weighted by molar-refractivity contribution is 5.85. The maximum Gasteiger partial charge on any atom is 0.190 e. The van der Waals surface area contributed by atoms with Crippen LogP contribution in [0.3, 0.4) is 0 Å². The molecule has 1 saturated heterocycles. The van der Waals surface area contributed by atoms with Crippen LogP contribution < -0.4 is 5.73 Å². The van der Waals surface area contributed by atoms with E-state index in [2.05, 4.69) is 0 Å². The third-order valence-electron chi connectivity index (χ3n) is 2.85. The van der Waals surface area contributed by atoms with Crippen molar-refractivity contribution in [3.05, 3.63) is 29.8 Å². The van der Waals surface area contributed by atoms with E-state index in [1.165, 1.54) is 0 Å². The third kappa shape index (κ3) is 2.69. The van der Waals surface area contributed by atoms with Crippen LogP contribution in [-0.4, -0.2) is 29.4 Å². The molecule has 3 N–H and O–H groups in total. The van der Waals surface area contributed by atoms with Crippen LogP contribution in [0, 0.1) is 0 Å². The van der Waals surface area contributed by atoms with Crippen molar-refractivity contribution in [2.75, 3.05) is 12.3 Å². The molecule has 0 aromatic heterocycles. The summed E-state index contributed by atoms with van der Waals surface area (Å²) in [5.41, 5.74) is 6.78. The molecule has 0 spiro atoms. The largest absolute Gasteiger partial charge is 0.399 e. The molecule has 1 heterocycles. The van der Waals surface area contributed by atoms with E-state index in [9.17, 15) is 9.90 Å². The summed E-state index contributed by atoms with van der Waals surface area (Å²) in [5, 5.41) is 10.2. The van der Waals surface area contributed by atoms with Crippen molar-refractivity contribution in [3.8, 4) is 0 Å². The van der Waals surface area contributed by atoms with Crippen molar-refractivity contribution in [1.29, 1.82) is 0 Å². The SMILES string of the molecule is CC1(C)OCC(=O)[C@H]([C@@H](O)c2ccc(N)cc2)O1. The van der Waals surface area contributed by atoms with Gasteiger partial charge in [0.1, 0.15) is 12.7 Å². The Morgan fingerprint density at radius 1 is 1.39 bits per heavy atom. The van der Waals surface area contributed by atoms with Crippen LogP contribution in [-0.2, 0) is 14.3 Å². The number of ketones is 1. The number of benzene rings is 1. The first kappa shape index (κ1) is 13.0. The van der Waals surface area contributed by atoms with Gasteiger partial charge >= 0.3 is 0 Å². The number of rotatable bonds is 2. The maximum absolute atomic E-state index is 11.7. The minimum Gasteiger partial charge on any atom is -0.399 e. The fraction of sp³-hybridized carbons (Fsp3) is 0.462. The van der Waals surface area contributed by atoms with Crippen LogP contribution in [0.15, 0.2) is 24.3 Å². The molecule has 1 aliphatic heterocycles. The van der Waals surface area contributed by atoms with Gasteiger partial charge < -0.3 is 20.3 Å². The first-order chi connectivity index (χ1) is 8.39. The van der Waals surface area contributed by atoms with Crippen molar-refractivity contribution in [3.63, 3.8) is 0 Å². The molecule has 0 unspecified atom stereocenters. The fourth-order valence-corrected chi connectivity index (χ4v) is 1.84. The summed E-state index contributed by atoms with van der Waals surface area (Å²) in [6.45, 7) is 3.37. The van der Waals surface area contributed by atoms with Gasteiger partial charge in [-0.05, 0) is 31.5 Å². The second-order valence-electron chi connectivity index (χ2n) is 4.80. The molecule has 5 nitrogen and oxygen atoms in total. The van der Waals surface area contributed by atoms with Crippen LogP contribution in [0.4, 0.5) is 5.69 Å². The molecule has 98 valence electrons. The lowest BCUT2D eigenvalue weighted by molar-refractivity contribution is -0.271. The molecule has 1 aromatic carbocycles. The average Bonchev–Trinajstić information content (AvgIpc) is 2.32. The molecule has 0 aliphatic carbocycles. The van der Waals surface area contributed by atoms with Crippen LogP contribution in [0.2, 0.25) is 0 Å². The number of aliphatic hydroxyl groups excluding tert-OH is 1. The van der Waals surface area contributed by atoms with E-state index in [0.29, 0.717) is 11.3 Å². The number of aliphatic hydroxyl groups is 1. The smallest absolute Gasteiger partial charge is 0.190 e. The monoisotopic (exact) mass is 251 g/mol. The first-order valence-electron chi connectivity index (χ1n) is 5.77. The van der Waals surface area contributed by atoms with Crippen molar-refractivity contribution >= 4 is 11.5 Å². The Labute approximate surface area is 106 Å². The standard InChI is InChI=1S/C13H17NO4/c1-13(2)17-7-10(15)12(18-13)11(16)8-3-5-9(14)6-4-8/h3-6,11-12,16H,7,14H2,1-2H3/t11-,12+/m0/s1. The topological polar surface area (TPSA) is 81.8 Å². The number of hydrogen-bond donors (Lipinski definition) is 2. The van der Waals surface area contributed by atoms with E-state index in [4.69, 9.17) is 15.2 Å². The zero-order valence-corrected chi connectivity index (χ0v) is 10.4. The summed E-state index contributed by atoms with van der Waals surface area (Å²) in [6.07, 6.45) is -1.92. The summed E-state index contributed by atoms with van der Waals surface area (Å²) in [4.78, 5) is 11.7. The van der Waals surface area contributed by atoms with Crippen molar-refractivity contribution in [2.45, 2.75) is 31.8 Å². The third-order valence-corrected chi connectivity index (χ3v) is 2.85. The summed E-state index contributed by atoms with van der Waals surface area (Å²) < 4.78 is 10.7. The predicted molar refractivity (Wildman–Crippen MR) is 65.7 cm³/mol. The van der Waals surface area contributed by atoms with E-state index < -0.39 is 18.0 Å². The van der Waals surface area contributed by atoms with E-state index in [-0.39, 0.29) is 12.4 Å². The van der Waals surface area contributed by atoms with Gasteiger partial charge in [0.25, 0.3) is 0 Å². The van der Waals surface area contributed by atoms with Crippen LogP contribution in [0.1, 0.15) is 25.5 Å². The Hall–Kier alpha value is -1.43. The lowest BCUT2D eigenvalue weighted by Gasteiger charge is -2.36. The maximum atomic E-state index is 11.7. The molecule has 0 amide bonds. The van der Waals surface area contributed by atoms with Gasteiger partial charge in [-0.2, -0.15) is 0 Å². The number of hydrogen-bond acceptors (Lipinski definition) is 5. The van der Waals surface area contributed by atoms with Gasteiger partial charge in [-0.25, -0.2) is 0 Å². The molecule has 2 rings (SSSR count). The lowest BCUT2D eigenvalue weighted by Crippen LogP contribution is -2.48. The zero-order valence-electron chi connectivity index (χ0n) is 10.4. The Balaban J connectivity index is 2.19. The van der Waals surface area contributed by atoms with Crippen molar-refractivity contribution in [2.24, 2.45) is 0 Å². The molecule has 18 heavy (non-hydrogen) atoms. The van der Waals surface area contributed by atoms with E-state index >= 15 is 0 Å². The van der Waals surface area contributed by atoms with Gasteiger partial charge in [-0.15, -0.1) is 0 Å². The molecule has 0 radical (unpaired) electrons. The Kier molecular flexibility index (Phi) is 3.38. The number of nitrogens with two attached hydrogens (primary N) is 1. The number of carbonyl (C=O) groups excluding carboxylic acids is 1. The highest BCUT2D eigenvalue weighted by atomic mass is 16.7. The van der Waals surface area contributed by atoms with Crippen molar-refractivity contribution in [1.82, 2.24) is 0 Å². The molecule has 0 saturated carbocycles. The average molecular weight is 251 g/mol. The molecule has 5 heteroatoms. The van der Waals surface area contributed by atoms with E-state index in [0.717, 1.165) is 0 Å². The van der Waals surface area contributed by atoms with Gasteiger partial charge in [0.05, 0.1) is 0 Å². The Bertz CT molecular complexity index is 441. The molecular formula is C13H17NO4. The fourth-order valence-electron chi connectivity index (χ4n) is 1.84. The molecule has 1 aromatic rings. The van der Waals surface area contributed by atoms with Crippen LogP contribution in [0.5, 0.6) is 0 Å². The second-order valence-corrected chi connectivity index (χ2v) is 4.80. The minimum absolute atomic E-state index is 0.0519. The summed E-state index contributed by atoms with van der Waals surface area (Å²) in [6, 6.07) is 6.71. The van der Waals surface area contributed by atoms with E-state index in [1.807, 2.05) is 0 Å². The Morgan fingerprint density at radius 2 is 2.00 bits per heavy atom. The zero-order chi connectivity index (χ0) is 13.3. The van der Waals surface area contributed by atoms with Gasteiger partial charge in [0, 0.05) is 5.69 Å². The quantitative estimate of drug-likeness (QED) is 0.767. The summed E-state index contributed by atoms with van der Waals surface area (Å²) in [7, 11) is 0. The number of carbonyl (C=O) groups is 1. The molecule has 0 bridgehead atoms. The first-order valence-corrected chi connectivity index (χ1v) is 5.77. The number of nitrogen functional groups attached to an aromatic ring is 1. The van der Waals surface area contributed by atoms with E-state index in [1.54, 1.807) is 38.1 Å². The van der Waals surface area contributed by atoms with Gasteiger partial charge in [-0.1, -0.05) is 12.1 Å². The highest BCUT2D eigenvalue weighted by Crippen LogP contribution is 2.29. The molecular weight excluding hydrogens is 234 g/mol. The molecule has 1 fully saturated rings. The van der Waals surface area contributed by atoms with Gasteiger partial charge in [0.2, 0.25) is 0 Å². The number of ether oxygens (including phenoxy) is 2. The molecule has 2 atom stereocenters. The predicted octanol–water partition coefficient (Wildman–Crippen LogP) is 1.02.